The van der Waals surface area contributed by atoms with Gasteiger partial charge in [-0.05, 0) is 19.1 Å². The summed E-state index contributed by atoms with van der Waals surface area (Å²) in [5.74, 6) is 0.227. The van der Waals surface area contributed by atoms with Crippen molar-refractivity contribution < 1.29 is 14.2 Å². The monoisotopic (exact) mass is 274 g/mol. The van der Waals surface area contributed by atoms with Crippen LogP contribution in [0.4, 0.5) is 0 Å². The maximum atomic E-state index is 5.95. The lowest BCUT2D eigenvalue weighted by Gasteiger charge is -2.23. The van der Waals surface area contributed by atoms with E-state index >= 15 is 0 Å². The maximum Gasteiger partial charge on any atom is 0.184 e. The summed E-state index contributed by atoms with van der Waals surface area (Å²) in [7, 11) is 0. The molecule has 1 fully saturated rings. The first-order valence-electron chi connectivity index (χ1n) is 6.69. The predicted molar refractivity (Wildman–Crippen MR) is 73.4 cm³/mol. The first kappa shape index (κ1) is 13.1. The topological polar surface area (TPSA) is 45.5 Å². The third kappa shape index (κ3) is 3.18. The molecule has 106 valence electrons. The van der Waals surface area contributed by atoms with Crippen molar-refractivity contribution in [3.63, 3.8) is 0 Å². The van der Waals surface area contributed by atoms with Crippen molar-refractivity contribution >= 4 is 0 Å². The van der Waals surface area contributed by atoms with E-state index in [1.807, 2.05) is 48.0 Å². The molecule has 0 saturated carbocycles. The van der Waals surface area contributed by atoms with Crippen LogP contribution in [0.3, 0.4) is 0 Å². The average molecular weight is 274 g/mol. The molecule has 0 N–H and O–H groups in total. The molecular weight excluding hydrogens is 256 g/mol. The van der Waals surface area contributed by atoms with Crippen molar-refractivity contribution in [3.8, 4) is 5.75 Å². The second-order valence-corrected chi connectivity index (χ2v) is 5.04. The van der Waals surface area contributed by atoms with E-state index in [1.54, 1.807) is 12.5 Å². The van der Waals surface area contributed by atoms with Gasteiger partial charge in [0, 0.05) is 12.4 Å². The molecule has 2 heterocycles. The van der Waals surface area contributed by atoms with E-state index in [2.05, 4.69) is 4.98 Å². The second kappa shape index (κ2) is 5.64. The minimum absolute atomic E-state index is 0.0521. The Bertz CT molecular complexity index is 529. The number of hydrogen-bond acceptors (Lipinski definition) is 4. The normalized spacial score (nSPS) is 25.8. The number of para-hydroxylation sites is 1. The van der Waals surface area contributed by atoms with Gasteiger partial charge >= 0.3 is 0 Å². The molecule has 2 unspecified atom stereocenters. The highest BCUT2D eigenvalue weighted by molar-refractivity contribution is 5.20. The van der Waals surface area contributed by atoms with Crippen LogP contribution in [-0.4, -0.2) is 34.7 Å². The fourth-order valence-electron chi connectivity index (χ4n) is 2.27. The van der Waals surface area contributed by atoms with Crippen molar-refractivity contribution in [2.75, 3.05) is 13.2 Å². The van der Waals surface area contributed by atoms with Crippen LogP contribution in [0.2, 0.25) is 0 Å². The second-order valence-electron chi connectivity index (χ2n) is 5.04. The number of rotatable bonds is 5. The first-order valence-corrected chi connectivity index (χ1v) is 6.69. The van der Waals surface area contributed by atoms with Gasteiger partial charge in [0.25, 0.3) is 0 Å². The summed E-state index contributed by atoms with van der Waals surface area (Å²) < 4.78 is 19.4. The van der Waals surface area contributed by atoms with E-state index in [9.17, 15) is 0 Å². The zero-order valence-corrected chi connectivity index (χ0v) is 11.4. The van der Waals surface area contributed by atoms with Crippen LogP contribution in [0.15, 0.2) is 49.1 Å². The Morgan fingerprint density at radius 2 is 2.25 bits per heavy atom. The Hall–Kier alpha value is -1.85. The number of ether oxygens (including phenoxy) is 3. The summed E-state index contributed by atoms with van der Waals surface area (Å²) in [5, 5.41) is 0. The Morgan fingerprint density at radius 3 is 3.00 bits per heavy atom. The lowest BCUT2D eigenvalue weighted by atomic mass is 10.3. The molecule has 0 amide bonds. The molecule has 5 nitrogen and oxygen atoms in total. The van der Waals surface area contributed by atoms with Crippen molar-refractivity contribution in [3.05, 3.63) is 49.1 Å². The predicted octanol–water partition coefficient (Wildman–Crippen LogP) is 2.09. The molecule has 0 aliphatic carbocycles. The van der Waals surface area contributed by atoms with Crippen molar-refractivity contribution in [2.45, 2.75) is 25.4 Å². The summed E-state index contributed by atoms with van der Waals surface area (Å²) in [5.41, 5.74) is 0. The molecule has 20 heavy (non-hydrogen) atoms. The SMILES string of the molecule is CC1(Cn2ccnc2)OCC(COc2ccccc2)O1. The van der Waals surface area contributed by atoms with E-state index in [4.69, 9.17) is 14.2 Å². The van der Waals surface area contributed by atoms with Gasteiger partial charge in [-0.1, -0.05) is 18.2 Å². The molecular formula is C15H18N2O3. The van der Waals surface area contributed by atoms with Gasteiger partial charge in [-0.15, -0.1) is 0 Å². The highest BCUT2D eigenvalue weighted by Crippen LogP contribution is 2.25. The molecule has 0 spiro atoms. The fraction of sp³-hybridized carbons (Fsp3) is 0.400. The number of nitrogens with zero attached hydrogens (tertiary/aromatic N) is 2. The highest BCUT2D eigenvalue weighted by atomic mass is 16.7. The summed E-state index contributed by atoms with van der Waals surface area (Å²) >= 11 is 0. The van der Waals surface area contributed by atoms with Crippen LogP contribution in [-0.2, 0) is 16.0 Å². The Kier molecular flexibility index (Phi) is 3.71. The zero-order chi connectivity index (χ0) is 13.8. The molecule has 3 rings (SSSR count). The summed E-state index contributed by atoms with van der Waals surface area (Å²) in [6, 6.07) is 9.72. The molecule has 1 aliphatic rings. The minimum atomic E-state index is -0.620. The van der Waals surface area contributed by atoms with Crippen LogP contribution in [0, 0.1) is 0 Å². The van der Waals surface area contributed by atoms with Gasteiger partial charge in [-0.3, -0.25) is 0 Å². The van der Waals surface area contributed by atoms with Crippen molar-refractivity contribution in [2.24, 2.45) is 0 Å². The Labute approximate surface area is 118 Å². The van der Waals surface area contributed by atoms with E-state index in [0.29, 0.717) is 19.8 Å². The first-order chi connectivity index (χ1) is 9.73. The van der Waals surface area contributed by atoms with Gasteiger partial charge in [0.2, 0.25) is 0 Å². The van der Waals surface area contributed by atoms with Crippen LogP contribution in [0.1, 0.15) is 6.92 Å². The number of imidazole rings is 1. The lowest BCUT2D eigenvalue weighted by Crippen LogP contribution is -2.33. The summed E-state index contributed by atoms with van der Waals surface area (Å²) in [6.45, 7) is 3.59. The highest BCUT2D eigenvalue weighted by Gasteiger charge is 2.37. The minimum Gasteiger partial charge on any atom is -0.491 e. The maximum absolute atomic E-state index is 5.95. The third-order valence-electron chi connectivity index (χ3n) is 3.20. The lowest BCUT2D eigenvalue weighted by molar-refractivity contribution is -0.165. The van der Waals surface area contributed by atoms with Crippen LogP contribution in [0.5, 0.6) is 5.75 Å². The molecule has 2 atom stereocenters. The van der Waals surface area contributed by atoms with Crippen LogP contribution < -0.4 is 4.74 Å². The van der Waals surface area contributed by atoms with Gasteiger partial charge in [0.15, 0.2) is 5.79 Å². The van der Waals surface area contributed by atoms with Gasteiger partial charge in [-0.2, -0.15) is 0 Å². The summed E-state index contributed by atoms with van der Waals surface area (Å²) in [4.78, 5) is 4.02. The van der Waals surface area contributed by atoms with E-state index in [1.165, 1.54) is 0 Å². The molecule has 1 aromatic heterocycles. The van der Waals surface area contributed by atoms with Gasteiger partial charge in [0.05, 0.1) is 19.5 Å². The van der Waals surface area contributed by atoms with E-state index < -0.39 is 5.79 Å². The molecule has 2 aromatic rings. The molecule has 1 aromatic carbocycles. The molecule has 5 heteroatoms. The number of aromatic nitrogens is 2. The van der Waals surface area contributed by atoms with Gasteiger partial charge in [0.1, 0.15) is 18.5 Å². The van der Waals surface area contributed by atoms with Crippen LogP contribution >= 0.6 is 0 Å². The number of hydrogen-bond donors (Lipinski definition) is 0. The molecule has 1 saturated heterocycles. The van der Waals surface area contributed by atoms with Crippen LogP contribution in [0.25, 0.3) is 0 Å². The zero-order valence-electron chi connectivity index (χ0n) is 11.4. The van der Waals surface area contributed by atoms with E-state index in [0.717, 1.165) is 5.75 Å². The van der Waals surface area contributed by atoms with Gasteiger partial charge in [-0.25, -0.2) is 4.98 Å². The third-order valence-corrected chi connectivity index (χ3v) is 3.20. The Balaban J connectivity index is 1.51. The summed E-state index contributed by atoms with van der Waals surface area (Å²) in [6.07, 6.45) is 5.34. The fourth-order valence-corrected chi connectivity index (χ4v) is 2.27. The quantitative estimate of drug-likeness (QED) is 0.837. The largest absolute Gasteiger partial charge is 0.491 e. The average Bonchev–Trinajstić information content (AvgIpc) is 3.08. The van der Waals surface area contributed by atoms with Gasteiger partial charge < -0.3 is 18.8 Å². The smallest absolute Gasteiger partial charge is 0.184 e. The molecule has 0 bridgehead atoms. The van der Waals surface area contributed by atoms with Crippen molar-refractivity contribution in [1.82, 2.24) is 9.55 Å². The van der Waals surface area contributed by atoms with E-state index in [-0.39, 0.29) is 6.10 Å². The molecule has 1 aliphatic heterocycles. The standard InChI is InChI=1S/C15H18N2O3/c1-15(11-17-8-7-16-12-17)19-10-14(20-15)9-18-13-5-3-2-4-6-13/h2-8,12,14H,9-11H2,1H3. The molecule has 0 radical (unpaired) electrons. The van der Waals surface area contributed by atoms with Crippen molar-refractivity contribution in [1.29, 1.82) is 0 Å². The Morgan fingerprint density at radius 1 is 1.40 bits per heavy atom. The number of benzene rings is 1.